The van der Waals surface area contributed by atoms with Gasteiger partial charge >= 0.3 is 5.97 Å². The third-order valence-electron chi connectivity index (χ3n) is 3.02. The molecule has 1 saturated carbocycles. The molecule has 0 amide bonds. The molecule has 0 spiro atoms. The zero-order chi connectivity index (χ0) is 12.4. The predicted molar refractivity (Wildman–Crippen MR) is 67.3 cm³/mol. The van der Waals surface area contributed by atoms with Crippen molar-refractivity contribution in [3.8, 4) is 0 Å². The lowest BCUT2D eigenvalue weighted by Crippen LogP contribution is -2.31. The van der Waals surface area contributed by atoms with Crippen LogP contribution in [-0.2, 0) is 11.3 Å². The molecular weight excluding hydrogens is 238 g/mol. The molecule has 1 aromatic carbocycles. The summed E-state index contributed by atoms with van der Waals surface area (Å²) in [6.45, 7) is 2.73. The molecule has 1 aromatic rings. The summed E-state index contributed by atoms with van der Waals surface area (Å²) in [4.78, 5) is 12.8. The Morgan fingerprint density at radius 3 is 2.76 bits per heavy atom. The van der Waals surface area contributed by atoms with E-state index >= 15 is 0 Å². The molecule has 92 valence electrons. The molecule has 17 heavy (non-hydrogen) atoms. The molecule has 1 aliphatic rings. The van der Waals surface area contributed by atoms with Gasteiger partial charge in [0.1, 0.15) is 0 Å². The van der Waals surface area contributed by atoms with E-state index in [9.17, 15) is 4.79 Å². The Kier molecular flexibility index (Phi) is 3.69. The monoisotopic (exact) mass is 253 g/mol. The maximum Gasteiger partial charge on any atom is 0.317 e. The number of halogens is 1. The van der Waals surface area contributed by atoms with Gasteiger partial charge in [-0.05, 0) is 37.0 Å². The predicted octanol–water partition coefficient (Wildman–Crippen LogP) is 2.70. The molecule has 0 heterocycles. The Morgan fingerprint density at radius 1 is 1.53 bits per heavy atom. The van der Waals surface area contributed by atoms with Crippen molar-refractivity contribution in [2.45, 2.75) is 32.4 Å². The number of aliphatic carboxylic acids is 1. The van der Waals surface area contributed by atoms with Crippen molar-refractivity contribution in [2.75, 3.05) is 6.54 Å². The normalized spacial score (nSPS) is 15.2. The molecule has 0 unspecified atom stereocenters. The highest BCUT2D eigenvalue weighted by Gasteiger charge is 2.30. The smallest absolute Gasteiger partial charge is 0.317 e. The van der Waals surface area contributed by atoms with Gasteiger partial charge in [-0.3, -0.25) is 9.69 Å². The van der Waals surface area contributed by atoms with Gasteiger partial charge in [-0.15, -0.1) is 0 Å². The number of carboxylic acids is 1. The molecular formula is C13H16ClNO2. The third-order valence-corrected chi connectivity index (χ3v) is 3.43. The topological polar surface area (TPSA) is 40.5 Å². The van der Waals surface area contributed by atoms with Crippen LogP contribution < -0.4 is 0 Å². The lowest BCUT2D eigenvalue weighted by molar-refractivity contribution is -0.138. The van der Waals surface area contributed by atoms with Crippen LogP contribution >= 0.6 is 11.6 Å². The van der Waals surface area contributed by atoms with Crippen LogP contribution in [0.25, 0.3) is 0 Å². The Bertz CT molecular complexity index is 429. The van der Waals surface area contributed by atoms with Crippen molar-refractivity contribution in [1.82, 2.24) is 4.90 Å². The van der Waals surface area contributed by atoms with E-state index in [-0.39, 0.29) is 6.54 Å². The summed E-state index contributed by atoms with van der Waals surface area (Å²) in [7, 11) is 0. The summed E-state index contributed by atoms with van der Waals surface area (Å²) in [5.41, 5.74) is 2.13. The number of nitrogens with zero attached hydrogens (tertiary/aromatic N) is 1. The third kappa shape index (κ3) is 3.45. The quantitative estimate of drug-likeness (QED) is 0.877. The lowest BCUT2D eigenvalue weighted by atomic mass is 10.1. The minimum Gasteiger partial charge on any atom is -0.480 e. The van der Waals surface area contributed by atoms with E-state index in [1.165, 1.54) is 0 Å². The average molecular weight is 254 g/mol. The standard InChI is InChI=1S/C13H16ClNO2/c1-9-2-3-10(6-12(9)14)7-15(8-13(16)17)11-4-5-11/h2-3,6,11H,4-5,7-8H2,1H3,(H,16,17). The molecule has 1 fully saturated rings. The second kappa shape index (κ2) is 5.07. The minimum absolute atomic E-state index is 0.107. The number of hydrogen-bond acceptors (Lipinski definition) is 2. The van der Waals surface area contributed by atoms with Crippen LogP contribution in [0.2, 0.25) is 5.02 Å². The number of benzene rings is 1. The fourth-order valence-corrected chi connectivity index (χ4v) is 2.10. The van der Waals surface area contributed by atoms with Gasteiger partial charge in [-0.1, -0.05) is 23.7 Å². The molecule has 0 aromatic heterocycles. The van der Waals surface area contributed by atoms with Crippen molar-refractivity contribution in [3.63, 3.8) is 0 Å². The van der Waals surface area contributed by atoms with Crippen LogP contribution in [0.3, 0.4) is 0 Å². The van der Waals surface area contributed by atoms with Gasteiger partial charge in [0.05, 0.1) is 6.54 Å². The highest BCUT2D eigenvalue weighted by atomic mass is 35.5. The molecule has 0 saturated heterocycles. The molecule has 2 rings (SSSR count). The number of rotatable bonds is 5. The van der Waals surface area contributed by atoms with Gasteiger partial charge in [-0.2, -0.15) is 0 Å². The number of carbonyl (C=O) groups is 1. The summed E-state index contributed by atoms with van der Waals surface area (Å²) in [6.07, 6.45) is 2.21. The minimum atomic E-state index is -0.768. The Labute approximate surface area is 106 Å². The maximum absolute atomic E-state index is 10.8. The van der Waals surface area contributed by atoms with E-state index in [0.717, 1.165) is 29.0 Å². The Morgan fingerprint density at radius 2 is 2.24 bits per heavy atom. The number of hydrogen-bond donors (Lipinski definition) is 1. The molecule has 0 radical (unpaired) electrons. The van der Waals surface area contributed by atoms with Gasteiger partial charge in [0, 0.05) is 17.6 Å². The van der Waals surface area contributed by atoms with Crippen LogP contribution in [0.4, 0.5) is 0 Å². The van der Waals surface area contributed by atoms with Crippen molar-refractivity contribution in [2.24, 2.45) is 0 Å². The molecule has 4 heteroatoms. The van der Waals surface area contributed by atoms with E-state index in [4.69, 9.17) is 16.7 Å². The largest absolute Gasteiger partial charge is 0.480 e. The van der Waals surface area contributed by atoms with Crippen LogP contribution in [0, 0.1) is 6.92 Å². The van der Waals surface area contributed by atoms with Crippen LogP contribution in [0.15, 0.2) is 18.2 Å². The molecule has 1 N–H and O–H groups in total. The van der Waals surface area contributed by atoms with E-state index < -0.39 is 5.97 Å². The first-order valence-corrected chi connectivity index (χ1v) is 6.15. The summed E-state index contributed by atoms with van der Waals surface area (Å²) in [5.74, 6) is -0.768. The van der Waals surface area contributed by atoms with E-state index in [1.54, 1.807) is 0 Å². The second-order valence-corrected chi connectivity index (χ2v) is 5.02. The molecule has 0 atom stereocenters. The van der Waals surface area contributed by atoms with Crippen molar-refractivity contribution < 1.29 is 9.90 Å². The highest BCUT2D eigenvalue weighted by Crippen LogP contribution is 2.28. The van der Waals surface area contributed by atoms with E-state index in [2.05, 4.69) is 0 Å². The van der Waals surface area contributed by atoms with Crippen molar-refractivity contribution in [3.05, 3.63) is 34.3 Å². The van der Waals surface area contributed by atoms with Gasteiger partial charge in [0.15, 0.2) is 0 Å². The average Bonchev–Trinajstić information content (AvgIpc) is 3.05. The van der Waals surface area contributed by atoms with Crippen LogP contribution in [-0.4, -0.2) is 28.6 Å². The molecule has 1 aliphatic carbocycles. The van der Waals surface area contributed by atoms with Gasteiger partial charge < -0.3 is 5.11 Å². The van der Waals surface area contributed by atoms with Gasteiger partial charge in [-0.25, -0.2) is 0 Å². The summed E-state index contributed by atoms with van der Waals surface area (Å²) in [6, 6.07) is 6.35. The number of carboxylic acid groups (broad SMARTS) is 1. The summed E-state index contributed by atoms with van der Waals surface area (Å²) >= 11 is 6.06. The SMILES string of the molecule is Cc1ccc(CN(CC(=O)O)C2CC2)cc1Cl. The second-order valence-electron chi connectivity index (χ2n) is 4.61. The Hall–Kier alpha value is -1.06. The zero-order valence-electron chi connectivity index (χ0n) is 9.82. The summed E-state index contributed by atoms with van der Waals surface area (Å²) in [5, 5.41) is 9.61. The van der Waals surface area contributed by atoms with Crippen LogP contribution in [0.5, 0.6) is 0 Å². The van der Waals surface area contributed by atoms with Crippen molar-refractivity contribution in [1.29, 1.82) is 0 Å². The van der Waals surface area contributed by atoms with Gasteiger partial charge in [0.25, 0.3) is 0 Å². The maximum atomic E-state index is 10.8. The first-order chi connectivity index (χ1) is 8.06. The molecule has 0 bridgehead atoms. The zero-order valence-corrected chi connectivity index (χ0v) is 10.6. The summed E-state index contributed by atoms with van der Waals surface area (Å²) < 4.78 is 0. The Balaban J connectivity index is 2.06. The molecule has 3 nitrogen and oxygen atoms in total. The number of aryl methyl sites for hydroxylation is 1. The van der Waals surface area contributed by atoms with Crippen LogP contribution in [0.1, 0.15) is 24.0 Å². The van der Waals surface area contributed by atoms with Gasteiger partial charge in [0.2, 0.25) is 0 Å². The molecule has 0 aliphatic heterocycles. The fourth-order valence-electron chi connectivity index (χ4n) is 1.90. The lowest BCUT2D eigenvalue weighted by Gasteiger charge is -2.19. The first-order valence-electron chi connectivity index (χ1n) is 5.77. The van der Waals surface area contributed by atoms with E-state index in [0.29, 0.717) is 12.6 Å². The van der Waals surface area contributed by atoms with E-state index in [1.807, 2.05) is 30.0 Å². The van der Waals surface area contributed by atoms with Crippen molar-refractivity contribution >= 4 is 17.6 Å². The highest BCUT2D eigenvalue weighted by molar-refractivity contribution is 6.31. The fraction of sp³-hybridized carbons (Fsp3) is 0.462. The first kappa shape index (κ1) is 12.4.